The summed E-state index contributed by atoms with van der Waals surface area (Å²) in [6.07, 6.45) is 2.61. The molecular weight excluding hydrogens is 204 g/mol. The third kappa shape index (κ3) is 3.64. The number of carbonyl (C=O) groups is 1. The predicted octanol–water partition coefficient (Wildman–Crippen LogP) is -0.399. The molecule has 2 fully saturated rings. The van der Waals surface area contributed by atoms with Crippen LogP contribution in [0.3, 0.4) is 0 Å². The first-order valence-corrected chi connectivity index (χ1v) is 6.29. The molecule has 16 heavy (non-hydrogen) atoms. The summed E-state index contributed by atoms with van der Waals surface area (Å²) in [5, 5.41) is 8.99. The molecule has 0 unspecified atom stereocenters. The van der Waals surface area contributed by atoms with Gasteiger partial charge < -0.3 is 20.9 Å². The number of rotatable bonds is 5. The van der Waals surface area contributed by atoms with Crippen LogP contribution >= 0.6 is 0 Å². The molecular formula is C11H22N4O. The molecule has 92 valence electrons. The Morgan fingerprint density at radius 1 is 1.25 bits per heavy atom. The summed E-state index contributed by atoms with van der Waals surface area (Å²) < 4.78 is 0. The minimum atomic E-state index is -0.0221. The minimum absolute atomic E-state index is 0.0221. The zero-order valence-corrected chi connectivity index (χ0v) is 9.80. The predicted molar refractivity (Wildman–Crippen MR) is 63.4 cm³/mol. The van der Waals surface area contributed by atoms with Crippen molar-refractivity contribution in [2.75, 3.05) is 45.8 Å². The summed E-state index contributed by atoms with van der Waals surface area (Å²) in [5.41, 5.74) is 0. The Hall–Kier alpha value is -0.810. The fraction of sp³-hybridized carbons (Fsp3) is 0.909. The standard InChI is InChI=1S/C11H22N4O/c16-11(14-9-10-7-12-8-10)13-3-6-15-4-1-2-5-15/h10,12H,1-9H2,(H2,13,14,16). The van der Waals surface area contributed by atoms with Gasteiger partial charge in [-0.1, -0.05) is 0 Å². The van der Waals surface area contributed by atoms with Crippen molar-refractivity contribution in [3.8, 4) is 0 Å². The van der Waals surface area contributed by atoms with Gasteiger partial charge in [-0.05, 0) is 25.9 Å². The van der Waals surface area contributed by atoms with E-state index in [4.69, 9.17) is 0 Å². The van der Waals surface area contributed by atoms with Gasteiger partial charge in [0.05, 0.1) is 0 Å². The van der Waals surface area contributed by atoms with Crippen LogP contribution in [0.5, 0.6) is 0 Å². The van der Waals surface area contributed by atoms with Gasteiger partial charge in [0.25, 0.3) is 0 Å². The highest BCUT2D eigenvalue weighted by molar-refractivity contribution is 5.73. The number of amides is 2. The highest BCUT2D eigenvalue weighted by Crippen LogP contribution is 2.05. The average molecular weight is 226 g/mol. The lowest BCUT2D eigenvalue weighted by Crippen LogP contribution is -2.50. The van der Waals surface area contributed by atoms with Crippen molar-refractivity contribution in [2.45, 2.75) is 12.8 Å². The second-order valence-corrected chi connectivity index (χ2v) is 4.71. The molecule has 0 aromatic heterocycles. The Labute approximate surface area is 96.9 Å². The van der Waals surface area contributed by atoms with E-state index < -0.39 is 0 Å². The highest BCUT2D eigenvalue weighted by atomic mass is 16.2. The monoisotopic (exact) mass is 226 g/mol. The lowest BCUT2D eigenvalue weighted by molar-refractivity contribution is 0.233. The quantitative estimate of drug-likeness (QED) is 0.598. The number of likely N-dealkylation sites (tertiary alicyclic amines) is 1. The van der Waals surface area contributed by atoms with Gasteiger partial charge in [0, 0.05) is 38.6 Å². The Bertz CT molecular complexity index is 224. The van der Waals surface area contributed by atoms with Crippen molar-refractivity contribution in [3.05, 3.63) is 0 Å². The van der Waals surface area contributed by atoms with E-state index in [2.05, 4.69) is 20.9 Å². The minimum Gasteiger partial charge on any atom is -0.338 e. The molecule has 2 rings (SSSR count). The third-order valence-electron chi connectivity index (χ3n) is 3.33. The van der Waals surface area contributed by atoms with E-state index in [9.17, 15) is 4.79 Å². The van der Waals surface area contributed by atoms with Crippen LogP contribution in [-0.4, -0.2) is 56.7 Å². The topological polar surface area (TPSA) is 56.4 Å². The summed E-state index contributed by atoms with van der Waals surface area (Å²) in [6, 6.07) is -0.0221. The van der Waals surface area contributed by atoms with Crippen LogP contribution in [0.2, 0.25) is 0 Å². The van der Waals surface area contributed by atoms with Crippen molar-refractivity contribution in [1.29, 1.82) is 0 Å². The van der Waals surface area contributed by atoms with Crippen molar-refractivity contribution < 1.29 is 4.79 Å². The van der Waals surface area contributed by atoms with E-state index in [0.29, 0.717) is 5.92 Å². The maximum Gasteiger partial charge on any atom is 0.314 e. The molecule has 0 aromatic rings. The summed E-state index contributed by atoms with van der Waals surface area (Å²) in [7, 11) is 0. The lowest BCUT2D eigenvalue weighted by Gasteiger charge is -2.27. The maximum absolute atomic E-state index is 11.4. The summed E-state index contributed by atoms with van der Waals surface area (Å²) >= 11 is 0. The molecule has 5 nitrogen and oxygen atoms in total. The zero-order valence-electron chi connectivity index (χ0n) is 9.80. The van der Waals surface area contributed by atoms with Crippen LogP contribution in [0.1, 0.15) is 12.8 Å². The SMILES string of the molecule is O=C(NCCN1CCCC1)NCC1CNC1. The molecule has 0 bridgehead atoms. The van der Waals surface area contributed by atoms with Crippen LogP contribution in [-0.2, 0) is 0 Å². The first kappa shape index (κ1) is 11.7. The van der Waals surface area contributed by atoms with Crippen LogP contribution in [0.4, 0.5) is 4.79 Å². The Kier molecular flexibility index (Phi) is 4.42. The maximum atomic E-state index is 11.4. The Balaban J connectivity index is 1.46. The van der Waals surface area contributed by atoms with E-state index >= 15 is 0 Å². The van der Waals surface area contributed by atoms with E-state index in [0.717, 1.165) is 32.7 Å². The van der Waals surface area contributed by atoms with Crippen molar-refractivity contribution >= 4 is 6.03 Å². The largest absolute Gasteiger partial charge is 0.338 e. The molecule has 5 heteroatoms. The molecule has 3 N–H and O–H groups in total. The Morgan fingerprint density at radius 3 is 2.62 bits per heavy atom. The number of hydrogen-bond acceptors (Lipinski definition) is 3. The molecule has 2 amide bonds. The summed E-state index contributed by atoms with van der Waals surface area (Å²) in [5.74, 6) is 0.629. The average Bonchev–Trinajstić information content (AvgIpc) is 2.68. The second-order valence-electron chi connectivity index (χ2n) is 4.71. The van der Waals surface area contributed by atoms with Crippen LogP contribution in [0.25, 0.3) is 0 Å². The molecule has 0 spiro atoms. The molecule has 0 atom stereocenters. The van der Waals surface area contributed by atoms with Gasteiger partial charge in [-0.15, -0.1) is 0 Å². The van der Waals surface area contributed by atoms with Gasteiger partial charge in [0.2, 0.25) is 0 Å². The molecule has 2 saturated heterocycles. The molecule has 2 aliphatic rings. The number of nitrogens with zero attached hydrogens (tertiary/aromatic N) is 1. The highest BCUT2D eigenvalue weighted by Gasteiger charge is 2.17. The number of hydrogen-bond donors (Lipinski definition) is 3. The smallest absolute Gasteiger partial charge is 0.314 e. The van der Waals surface area contributed by atoms with E-state index in [-0.39, 0.29) is 6.03 Å². The molecule has 0 saturated carbocycles. The van der Waals surface area contributed by atoms with Crippen molar-refractivity contribution in [1.82, 2.24) is 20.9 Å². The molecule has 0 aliphatic carbocycles. The van der Waals surface area contributed by atoms with Crippen LogP contribution in [0.15, 0.2) is 0 Å². The lowest BCUT2D eigenvalue weighted by atomic mass is 10.0. The van der Waals surface area contributed by atoms with Gasteiger partial charge >= 0.3 is 6.03 Å². The summed E-state index contributed by atoms with van der Waals surface area (Å²) in [4.78, 5) is 13.8. The Morgan fingerprint density at radius 2 is 2.00 bits per heavy atom. The van der Waals surface area contributed by atoms with Crippen molar-refractivity contribution in [2.24, 2.45) is 5.92 Å². The van der Waals surface area contributed by atoms with Gasteiger partial charge in [0.1, 0.15) is 0 Å². The molecule has 0 aromatic carbocycles. The van der Waals surface area contributed by atoms with Gasteiger partial charge in [-0.3, -0.25) is 0 Å². The number of nitrogens with one attached hydrogen (secondary N) is 3. The fourth-order valence-corrected chi connectivity index (χ4v) is 2.13. The second kappa shape index (κ2) is 6.06. The number of carbonyl (C=O) groups excluding carboxylic acids is 1. The van der Waals surface area contributed by atoms with Crippen LogP contribution in [0, 0.1) is 5.92 Å². The van der Waals surface area contributed by atoms with Gasteiger partial charge in [-0.25, -0.2) is 4.79 Å². The first-order valence-electron chi connectivity index (χ1n) is 6.29. The van der Waals surface area contributed by atoms with Crippen LogP contribution < -0.4 is 16.0 Å². The van der Waals surface area contributed by atoms with E-state index in [1.54, 1.807) is 0 Å². The third-order valence-corrected chi connectivity index (χ3v) is 3.33. The number of urea groups is 1. The molecule has 0 radical (unpaired) electrons. The normalized spacial score (nSPS) is 21.8. The fourth-order valence-electron chi connectivity index (χ4n) is 2.13. The van der Waals surface area contributed by atoms with Gasteiger partial charge in [0.15, 0.2) is 0 Å². The zero-order chi connectivity index (χ0) is 11.2. The van der Waals surface area contributed by atoms with Gasteiger partial charge in [-0.2, -0.15) is 0 Å². The van der Waals surface area contributed by atoms with E-state index in [1.165, 1.54) is 25.9 Å². The van der Waals surface area contributed by atoms with E-state index in [1.807, 2.05) is 0 Å². The summed E-state index contributed by atoms with van der Waals surface area (Å²) in [6.45, 7) is 6.99. The van der Waals surface area contributed by atoms with Crippen molar-refractivity contribution in [3.63, 3.8) is 0 Å². The molecule has 2 heterocycles. The first-order chi connectivity index (χ1) is 7.84. The molecule has 2 aliphatic heterocycles.